The number of methoxy groups -OCH3 is 1. The number of benzene rings is 2. The van der Waals surface area contributed by atoms with E-state index in [1.165, 1.54) is 0 Å². The average molecular weight is 334 g/mol. The molecule has 0 saturated carbocycles. The molecule has 0 aliphatic rings. The van der Waals surface area contributed by atoms with Crippen LogP contribution in [0.1, 0.15) is 17.2 Å². The number of carbonyl (C=O) groups is 1. The Kier molecular flexibility index (Phi) is 6.44. The average Bonchev–Trinajstić information content (AvgIpc) is 2.56. The molecule has 2 aromatic rings. The highest BCUT2D eigenvalue weighted by Crippen LogP contribution is 2.24. The molecule has 1 N–H and O–H groups in total. The van der Waals surface area contributed by atoms with E-state index in [2.05, 4.69) is 5.32 Å². The van der Waals surface area contributed by atoms with Crippen LogP contribution in [-0.2, 0) is 9.53 Å². The highest BCUT2D eigenvalue weighted by molar-refractivity contribution is 6.31. The van der Waals surface area contributed by atoms with Gasteiger partial charge in [0, 0.05) is 24.2 Å². The summed E-state index contributed by atoms with van der Waals surface area (Å²) in [4.78, 5) is 11.9. The largest absolute Gasteiger partial charge is 0.484 e. The molecular formula is C18H20ClNO3. The van der Waals surface area contributed by atoms with Crippen molar-refractivity contribution in [3.63, 3.8) is 0 Å². The molecule has 23 heavy (non-hydrogen) atoms. The van der Waals surface area contributed by atoms with Gasteiger partial charge in [-0.05, 0) is 24.6 Å². The second kappa shape index (κ2) is 8.56. The van der Waals surface area contributed by atoms with Crippen LogP contribution in [0.3, 0.4) is 0 Å². The van der Waals surface area contributed by atoms with Crippen LogP contribution in [0.2, 0.25) is 5.02 Å². The van der Waals surface area contributed by atoms with E-state index in [0.29, 0.717) is 17.3 Å². The number of hydrogen-bond acceptors (Lipinski definition) is 3. The fourth-order valence-corrected chi connectivity index (χ4v) is 2.43. The molecule has 1 atom stereocenters. The molecule has 2 aromatic carbocycles. The maximum absolute atomic E-state index is 11.9. The van der Waals surface area contributed by atoms with E-state index in [1.807, 2.05) is 49.4 Å². The van der Waals surface area contributed by atoms with E-state index in [-0.39, 0.29) is 18.6 Å². The number of halogens is 1. The highest BCUT2D eigenvalue weighted by atomic mass is 35.5. The van der Waals surface area contributed by atoms with E-state index < -0.39 is 0 Å². The first-order valence-electron chi connectivity index (χ1n) is 7.34. The van der Waals surface area contributed by atoms with Crippen LogP contribution < -0.4 is 10.1 Å². The number of aryl methyl sites for hydroxylation is 1. The van der Waals surface area contributed by atoms with Gasteiger partial charge in [-0.3, -0.25) is 4.79 Å². The molecule has 0 aromatic heterocycles. The Hall–Kier alpha value is -2.04. The van der Waals surface area contributed by atoms with Crippen molar-refractivity contribution in [2.75, 3.05) is 20.3 Å². The van der Waals surface area contributed by atoms with E-state index in [0.717, 1.165) is 11.1 Å². The minimum absolute atomic E-state index is 0.0379. The van der Waals surface area contributed by atoms with E-state index in [1.54, 1.807) is 13.2 Å². The summed E-state index contributed by atoms with van der Waals surface area (Å²) in [7, 11) is 1.59. The van der Waals surface area contributed by atoms with Crippen LogP contribution in [0.25, 0.3) is 0 Å². The van der Waals surface area contributed by atoms with Crippen molar-refractivity contribution in [3.8, 4) is 5.75 Å². The van der Waals surface area contributed by atoms with Crippen LogP contribution >= 0.6 is 11.6 Å². The van der Waals surface area contributed by atoms with E-state index >= 15 is 0 Å². The second-order valence-electron chi connectivity index (χ2n) is 5.10. The minimum Gasteiger partial charge on any atom is -0.484 e. The third-order valence-electron chi connectivity index (χ3n) is 3.47. The zero-order valence-corrected chi connectivity index (χ0v) is 14.0. The lowest BCUT2D eigenvalue weighted by Gasteiger charge is -2.18. The van der Waals surface area contributed by atoms with Gasteiger partial charge in [-0.2, -0.15) is 0 Å². The lowest BCUT2D eigenvalue weighted by Crippen LogP contribution is -2.33. The third kappa shape index (κ3) is 4.98. The van der Waals surface area contributed by atoms with Crippen LogP contribution in [-0.4, -0.2) is 26.2 Å². The quantitative estimate of drug-likeness (QED) is 0.843. The van der Waals surface area contributed by atoms with Gasteiger partial charge in [0.2, 0.25) is 0 Å². The smallest absolute Gasteiger partial charge is 0.258 e. The van der Waals surface area contributed by atoms with Crippen molar-refractivity contribution in [2.45, 2.75) is 13.0 Å². The van der Waals surface area contributed by atoms with Gasteiger partial charge in [-0.1, -0.05) is 48.0 Å². The first kappa shape index (κ1) is 17.3. The summed E-state index contributed by atoms with van der Waals surface area (Å²) >= 11 is 6.15. The monoisotopic (exact) mass is 333 g/mol. The van der Waals surface area contributed by atoms with Gasteiger partial charge in [0.25, 0.3) is 5.91 Å². The van der Waals surface area contributed by atoms with Crippen molar-refractivity contribution in [1.29, 1.82) is 0 Å². The lowest BCUT2D eigenvalue weighted by molar-refractivity contribution is -0.123. The van der Waals surface area contributed by atoms with Crippen molar-refractivity contribution in [2.24, 2.45) is 0 Å². The summed E-state index contributed by atoms with van der Waals surface area (Å²) in [6.07, 6.45) is -0.300. The van der Waals surface area contributed by atoms with Crippen molar-refractivity contribution >= 4 is 17.5 Å². The Balaban J connectivity index is 1.86. The van der Waals surface area contributed by atoms with E-state index in [4.69, 9.17) is 21.1 Å². The fraction of sp³-hybridized carbons (Fsp3) is 0.278. The number of ether oxygens (including phenoxy) is 2. The molecule has 0 spiro atoms. The summed E-state index contributed by atoms with van der Waals surface area (Å²) < 4.78 is 10.9. The van der Waals surface area contributed by atoms with Gasteiger partial charge in [-0.25, -0.2) is 0 Å². The Bertz CT molecular complexity index is 660. The van der Waals surface area contributed by atoms with Crippen LogP contribution in [0, 0.1) is 6.92 Å². The first-order chi connectivity index (χ1) is 11.1. The van der Waals surface area contributed by atoms with Crippen LogP contribution in [0.15, 0.2) is 48.5 Å². The summed E-state index contributed by atoms with van der Waals surface area (Å²) in [5, 5.41) is 3.42. The zero-order chi connectivity index (χ0) is 16.7. The Morgan fingerprint density at radius 3 is 2.57 bits per heavy atom. The molecule has 0 aliphatic carbocycles. The molecule has 0 saturated heterocycles. The highest BCUT2D eigenvalue weighted by Gasteiger charge is 2.15. The number of hydrogen-bond donors (Lipinski definition) is 1. The topological polar surface area (TPSA) is 47.6 Å². The maximum Gasteiger partial charge on any atom is 0.258 e. The van der Waals surface area contributed by atoms with Gasteiger partial charge in [0.15, 0.2) is 6.61 Å². The van der Waals surface area contributed by atoms with Crippen molar-refractivity contribution in [1.82, 2.24) is 5.32 Å². The Labute approximate surface area is 141 Å². The van der Waals surface area contributed by atoms with Gasteiger partial charge < -0.3 is 14.8 Å². The molecule has 0 aliphatic heterocycles. The number of amides is 1. The summed E-state index contributed by atoms with van der Waals surface area (Å²) in [6.45, 7) is 2.23. The molecule has 5 heteroatoms. The summed E-state index contributed by atoms with van der Waals surface area (Å²) in [6, 6.07) is 15.0. The predicted octanol–water partition coefficient (Wildman–Crippen LogP) is 3.53. The molecule has 0 heterocycles. The standard InChI is InChI=1S/C18H20ClNO3/c1-13-7-3-6-10-16(13)23-12-18(21)20-11-17(22-2)14-8-4-5-9-15(14)19/h3-10,17H,11-12H2,1-2H3,(H,20,21). The SMILES string of the molecule is COC(CNC(=O)COc1ccccc1C)c1ccccc1Cl. The minimum atomic E-state index is -0.300. The number of para-hydroxylation sites is 1. The van der Waals surface area contributed by atoms with Crippen LogP contribution in [0.4, 0.5) is 0 Å². The predicted molar refractivity (Wildman–Crippen MR) is 90.9 cm³/mol. The number of rotatable bonds is 7. The first-order valence-corrected chi connectivity index (χ1v) is 7.72. The molecule has 122 valence electrons. The third-order valence-corrected chi connectivity index (χ3v) is 3.82. The molecule has 2 rings (SSSR count). The van der Waals surface area contributed by atoms with E-state index in [9.17, 15) is 4.79 Å². The molecule has 1 unspecified atom stereocenters. The van der Waals surface area contributed by atoms with Crippen molar-refractivity contribution < 1.29 is 14.3 Å². The molecular weight excluding hydrogens is 314 g/mol. The molecule has 0 fully saturated rings. The number of nitrogens with one attached hydrogen (secondary N) is 1. The van der Waals surface area contributed by atoms with Gasteiger partial charge in [0.05, 0.1) is 0 Å². The maximum atomic E-state index is 11.9. The normalized spacial score (nSPS) is 11.8. The molecule has 0 bridgehead atoms. The lowest BCUT2D eigenvalue weighted by atomic mass is 10.1. The van der Waals surface area contributed by atoms with Crippen molar-refractivity contribution in [3.05, 3.63) is 64.7 Å². The second-order valence-corrected chi connectivity index (χ2v) is 5.51. The van der Waals surface area contributed by atoms with Crippen LogP contribution in [0.5, 0.6) is 5.75 Å². The Morgan fingerprint density at radius 2 is 1.87 bits per heavy atom. The van der Waals surface area contributed by atoms with Gasteiger partial charge in [0.1, 0.15) is 11.9 Å². The van der Waals surface area contributed by atoms with Gasteiger partial charge in [-0.15, -0.1) is 0 Å². The fourth-order valence-electron chi connectivity index (χ4n) is 2.18. The van der Waals surface area contributed by atoms with Gasteiger partial charge >= 0.3 is 0 Å². The molecule has 4 nitrogen and oxygen atoms in total. The molecule has 0 radical (unpaired) electrons. The molecule has 1 amide bonds. The Morgan fingerprint density at radius 1 is 1.17 bits per heavy atom. The summed E-state index contributed by atoms with van der Waals surface area (Å²) in [5.74, 6) is 0.499. The zero-order valence-electron chi connectivity index (χ0n) is 13.2. The number of carbonyl (C=O) groups excluding carboxylic acids is 1. The summed E-state index contributed by atoms with van der Waals surface area (Å²) in [5.41, 5.74) is 1.84.